The lowest BCUT2D eigenvalue weighted by atomic mass is 10.0. The molecule has 2 heteroatoms. The van der Waals surface area contributed by atoms with Gasteiger partial charge in [-0.25, -0.2) is 0 Å². The molecule has 0 spiro atoms. The van der Waals surface area contributed by atoms with E-state index in [-0.39, 0.29) is 0 Å². The molecule has 0 saturated heterocycles. The lowest BCUT2D eigenvalue weighted by Gasteiger charge is -2.11. The fraction of sp³-hybridized carbons (Fsp3) is 0.333. The summed E-state index contributed by atoms with van der Waals surface area (Å²) in [4.78, 5) is 0. The SMILES string of the molecule is Cc1ccc(NCc2ccc(CC(C)C)cc2)c(N)c1. The Morgan fingerprint density at radius 3 is 2.25 bits per heavy atom. The van der Waals surface area contributed by atoms with Gasteiger partial charge in [0.25, 0.3) is 0 Å². The number of anilines is 2. The van der Waals surface area contributed by atoms with Gasteiger partial charge in [-0.05, 0) is 48.1 Å². The predicted molar refractivity (Wildman–Crippen MR) is 87.9 cm³/mol. The largest absolute Gasteiger partial charge is 0.397 e. The van der Waals surface area contributed by atoms with Gasteiger partial charge in [-0.1, -0.05) is 44.2 Å². The van der Waals surface area contributed by atoms with Crippen molar-refractivity contribution in [2.45, 2.75) is 33.7 Å². The van der Waals surface area contributed by atoms with Crippen molar-refractivity contribution in [1.82, 2.24) is 0 Å². The molecule has 0 fully saturated rings. The topological polar surface area (TPSA) is 38.0 Å². The second kappa shape index (κ2) is 6.47. The van der Waals surface area contributed by atoms with Gasteiger partial charge in [0, 0.05) is 6.54 Å². The molecule has 2 rings (SSSR count). The molecule has 0 unspecified atom stereocenters. The number of hydrogen-bond donors (Lipinski definition) is 2. The molecule has 0 aliphatic heterocycles. The number of nitrogen functional groups attached to an aromatic ring is 1. The third-order valence-electron chi connectivity index (χ3n) is 3.36. The van der Waals surface area contributed by atoms with E-state index >= 15 is 0 Å². The highest BCUT2D eigenvalue weighted by atomic mass is 14.9. The van der Waals surface area contributed by atoms with Gasteiger partial charge in [0.1, 0.15) is 0 Å². The monoisotopic (exact) mass is 268 g/mol. The first-order valence-corrected chi connectivity index (χ1v) is 7.22. The maximum absolute atomic E-state index is 6.00. The molecular formula is C18H24N2. The maximum Gasteiger partial charge on any atom is 0.0576 e. The summed E-state index contributed by atoms with van der Waals surface area (Å²) >= 11 is 0. The van der Waals surface area contributed by atoms with E-state index in [1.807, 2.05) is 19.1 Å². The summed E-state index contributed by atoms with van der Waals surface area (Å²) in [7, 11) is 0. The third-order valence-corrected chi connectivity index (χ3v) is 3.36. The van der Waals surface area contributed by atoms with E-state index in [0.29, 0.717) is 5.92 Å². The summed E-state index contributed by atoms with van der Waals surface area (Å²) in [6.07, 6.45) is 1.14. The zero-order valence-corrected chi connectivity index (χ0v) is 12.6. The van der Waals surface area contributed by atoms with Crippen LogP contribution in [0.25, 0.3) is 0 Å². The molecule has 0 saturated carbocycles. The maximum atomic E-state index is 6.00. The van der Waals surface area contributed by atoms with Crippen molar-refractivity contribution in [2.75, 3.05) is 11.1 Å². The molecular weight excluding hydrogens is 244 g/mol. The summed E-state index contributed by atoms with van der Waals surface area (Å²) in [5.74, 6) is 0.700. The van der Waals surface area contributed by atoms with Gasteiger partial charge < -0.3 is 11.1 Å². The Bertz CT molecular complexity index is 556. The fourth-order valence-electron chi connectivity index (χ4n) is 2.31. The third kappa shape index (κ3) is 4.02. The van der Waals surface area contributed by atoms with Crippen LogP contribution in [0.15, 0.2) is 42.5 Å². The minimum Gasteiger partial charge on any atom is -0.397 e. The number of nitrogens with one attached hydrogen (secondary N) is 1. The zero-order valence-electron chi connectivity index (χ0n) is 12.6. The van der Waals surface area contributed by atoms with Crippen LogP contribution < -0.4 is 11.1 Å². The van der Waals surface area contributed by atoms with Crippen molar-refractivity contribution in [2.24, 2.45) is 5.92 Å². The minimum absolute atomic E-state index is 0.700. The van der Waals surface area contributed by atoms with Crippen LogP contribution in [-0.4, -0.2) is 0 Å². The molecule has 106 valence electrons. The van der Waals surface area contributed by atoms with Gasteiger partial charge in [-0.15, -0.1) is 0 Å². The Labute approximate surface area is 122 Å². The molecule has 2 aromatic carbocycles. The van der Waals surface area contributed by atoms with E-state index in [1.54, 1.807) is 0 Å². The second-order valence-corrected chi connectivity index (χ2v) is 5.86. The van der Waals surface area contributed by atoms with Gasteiger partial charge in [-0.2, -0.15) is 0 Å². The summed E-state index contributed by atoms with van der Waals surface area (Å²) in [5, 5.41) is 3.39. The molecule has 0 radical (unpaired) electrons. The number of rotatable bonds is 5. The normalized spacial score (nSPS) is 10.8. The van der Waals surface area contributed by atoms with Crippen LogP contribution in [0.1, 0.15) is 30.5 Å². The lowest BCUT2D eigenvalue weighted by molar-refractivity contribution is 0.647. The van der Waals surface area contributed by atoms with Crippen molar-refractivity contribution < 1.29 is 0 Å². The predicted octanol–water partition coefficient (Wildman–Crippen LogP) is 4.39. The smallest absolute Gasteiger partial charge is 0.0576 e. The second-order valence-electron chi connectivity index (χ2n) is 5.86. The number of aryl methyl sites for hydroxylation is 1. The Kier molecular flexibility index (Phi) is 4.67. The Balaban J connectivity index is 1.96. The average Bonchev–Trinajstić information content (AvgIpc) is 2.39. The van der Waals surface area contributed by atoms with Crippen molar-refractivity contribution in [3.8, 4) is 0 Å². The molecule has 0 amide bonds. The molecule has 0 heterocycles. The van der Waals surface area contributed by atoms with E-state index < -0.39 is 0 Å². The highest BCUT2D eigenvalue weighted by Gasteiger charge is 2.01. The van der Waals surface area contributed by atoms with Crippen LogP contribution in [0.4, 0.5) is 11.4 Å². The highest BCUT2D eigenvalue weighted by molar-refractivity contribution is 5.66. The lowest BCUT2D eigenvalue weighted by Crippen LogP contribution is -2.03. The van der Waals surface area contributed by atoms with Crippen molar-refractivity contribution >= 4 is 11.4 Å². The Hall–Kier alpha value is -1.96. The molecule has 0 aromatic heterocycles. The summed E-state index contributed by atoms with van der Waals surface area (Å²) < 4.78 is 0. The van der Waals surface area contributed by atoms with Crippen LogP contribution in [-0.2, 0) is 13.0 Å². The first kappa shape index (κ1) is 14.4. The van der Waals surface area contributed by atoms with Crippen LogP contribution in [0.3, 0.4) is 0 Å². The minimum atomic E-state index is 0.700. The molecule has 3 N–H and O–H groups in total. The molecule has 0 aliphatic rings. The first-order valence-electron chi connectivity index (χ1n) is 7.22. The van der Waals surface area contributed by atoms with E-state index in [0.717, 1.165) is 24.3 Å². The molecule has 20 heavy (non-hydrogen) atoms. The number of benzene rings is 2. The molecule has 0 atom stereocenters. The van der Waals surface area contributed by atoms with Crippen LogP contribution in [0.5, 0.6) is 0 Å². The summed E-state index contributed by atoms with van der Waals surface area (Å²) in [5.41, 5.74) is 11.7. The van der Waals surface area contributed by atoms with Crippen molar-refractivity contribution in [1.29, 1.82) is 0 Å². The van der Waals surface area contributed by atoms with Crippen LogP contribution in [0.2, 0.25) is 0 Å². The van der Waals surface area contributed by atoms with Gasteiger partial charge in [0.2, 0.25) is 0 Å². The Morgan fingerprint density at radius 2 is 1.65 bits per heavy atom. The van der Waals surface area contributed by atoms with Crippen LogP contribution in [0, 0.1) is 12.8 Å². The highest BCUT2D eigenvalue weighted by Crippen LogP contribution is 2.20. The zero-order chi connectivity index (χ0) is 14.5. The molecule has 0 aliphatic carbocycles. The number of hydrogen-bond acceptors (Lipinski definition) is 2. The molecule has 2 aromatic rings. The van der Waals surface area contributed by atoms with E-state index in [4.69, 9.17) is 5.73 Å². The van der Waals surface area contributed by atoms with Crippen LogP contribution >= 0.6 is 0 Å². The molecule has 2 nitrogen and oxygen atoms in total. The van der Waals surface area contributed by atoms with Crippen molar-refractivity contribution in [3.05, 3.63) is 59.2 Å². The van der Waals surface area contributed by atoms with Crippen molar-refractivity contribution in [3.63, 3.8) is 0 Å². The summed E-state index contributed by atoms with van der Waals surface area (Å²) in [6.45, 7) is 7.34. The first-order chi connectivity index (χ1) is 9.54. The quantitative estimate of drug-likeness (QED) is 0.789. The average molecular weight is 268 g/mol. The van der Waals surface area contributed by atoms with Gasteiger partial charge in [-0.3, -0.25) is 0 Å². The van der Waals surface area contributed by atoms with E-state index in [9.17, 15) is 0 Å². The van der Waals surface area contributed by atoms with E-state index in [1.165, 1.54) is 16.7 Å². The van der Waals surface area contributed by atoms with Gasteiger partial charge in [0.15, 0.2) is 0 Å². The summed E-state index contributed by atoms with van der Waals surface area (Å²) in [6, 6.07) is 14.9. The van der Waals surface area contributed by atoms with E-state index in [2.05, 4.69) is 49.5 Å². The fourth-order valence-corrected chi connectivity index (χ4v) is 2.31. The number of nitrogens with two attached hydrogens (primary N) is 1. The van der Waals surface area contributed by atoms with Gasteiger partial charge in [0.05, 0.1) is 11.4 Å². The Morgan fingerprint density at radius 1 is 1.00 bits per heavy atom. The molecule has 0 bridgehead atoms. The van der Waals surface area contributed by atoms with Gasteiger partial charge >= 0.3 is 0 Å². The standard InChI is InChI=1S/C18H24N2/c1-13(2)10-15-5-7-16(8-6-15)12-20-18-9-4-14(3)11-17(18)19/h4-9,11,13,20H,10,12,19H2,1-3H3.